The second kappa shape index (κ2) is 11.3. The van der Waals surface area contributed by atoms with E-state index in [1.807, 2.05) is 24.4 Å². The van der Waals surface area contributed by atoms with Crippen LogP contribution in [0.4, 0.5) is 0 Å². The van der Waals surface area contributed by atoms with Gasteiger partial charge in [0.1, 0.15) is 5.65 Å². The highest BCUT2D eigenvalue weighted by Crippen LogP contribution is 2.13. The topological polar surface area (TPSA) is 57.0 Å². The molecule has 3 aromatic rings. The summed E-state index contributed by atoms with van der Waals surface area (Å²) in [5.74, 6) is 0.815. The number of aromatic nitrogens is 2. The zero-order valence-corrected chi connectivity index (χ0v) is 19.9. The molecule has 0 unspecified atom stereocenters. The second-order valence-electron chi connectivity index (χ2n) is 7.60. The second-order valence-corrected chi connectivity index (χ2v) is 7.60. The van der Waals surface area contributed by atoms with Crippen molar-refractivity contribution < 1.29 is 0 Å². The van der Waals surface area contributed by atoms with E-state index in [-0.39, 0.29) is 24.0 Å². The molecular formula is C23H31IN6. The first-order valence-electron chi connectivity index (χ1n) is 10.5. The summed E-state index contributed by atoms with van der Waals surface area (Å²) in [7, 11) is 1.80. The average Bonchev–Trinajstić information content (AvgIpc) is 3.41. The third-order valence-electron chi connectivity index (χ3n) is 5.40. The van der Waals surface area contributed by atoms with Crippen molar-refractivity contribution in [2.75, 3.05) is 26.7 Å². The Labute approximate surface area is 195 Å². The number of imidazole rings is 1. The molecule has 4 rings (SSSR count). The lowest BCUT2D eigenvalue weighted by Gasteiger charge is -2.15. The molecule has 1 aliphatic rings. The van der Waals surface area contributed by atoms with E-state index in [4.69, 9.17) is 0 Å². The van der Waals surface area contributed by atoms with Crippen molar-refractivity contribution in [3.05, 3.63) is 71.7 Å². The van der Waals surface area contributed by atoms with Gasteiger partial charge in [0.15, 0.2) is 5.96 Å². The molecule has 0 amide bonds. The third-order valence-corrected chi connectivity index (χ3v) is 5.40. The Balaban J connectivity index is 0.00000256. The van der Waals surface area contributed by atoms with Crippen molar-refractivity contribution in [2.24, 2.45) is 4.99 Å². The van der Waals surface area contributed by atoms with Crippen LogP contribution in [0.2, 0.25) is 0 Å². The predicted octanol–water partition coefficient (Wildman–Crippen LogP) is 3.46. The SMILES string of the molecule is CN=C(NCCc1cn2ccccc2n1)NCc1ccc(CN2CCCC2)cc1.I. The zero-order chi connectivity index (χ0) is 19.9. The van der Waals surface area contributed by atoms with Gasteiger partial charge in [-0.1, -0.05) is 30.3 Å². The van der Waals surface area contributed by atoms with Crippen LogP contribution in [-0.4, -0.2) is 46.9 Å². The van der Waals surface area contributed by atoms with Gasteiger partial charge in [-0.15, -0.1) is 24.0 Å². The molecule has 1 aliphatic heterocycles. The van der Waals surface area contributed by atoms with E-state index in [9.17, 15) is 0 Å². The fourth-order valence-electron chi connectivity index (χ4n) is 3.78. The van der Waals surface area contributed by atoms with Gasteiger partial charge in [0.05, 0.1) is 5.69 Å². The van der Waals surface area contributed by atoms with Crippen LogP contribution in [0.1, 0.15) is 29.7 Å². The Kier molecular flexibility index (Phi) is 8.50. The number of hydrogen-bond donors (Lipinski definition) is 2. The fourth-order valence-corrected chi connectivity index (χ4v) is 3.78. The molecule has 1 aromatic carbocycles. The summed E-state index contributed by atoms with van der Waals surface area (Å²) < 4.78 is 2.05. The first kappa shape index (κ1) is 22.6. The maximum Gasteiger partial charge on any atom is 0.191 e. The molecule has 0 radical (unpaired) electrons. The number of rotatable bonds is 7. The van der Waals surface area contributed by atoms with Crippen LogP contribution in [0.5, 0.6) is 0 Å². The summed E-state index contributed by atoms with van der Waals surface area (Å²) >= 11 is 0. The fraction of sp³-hybridized carbons (Fsp3) is 0.391. The molecular weight excluding hydrogens is 487 g/mol. The molecule has 6 nitrogen and oxygen atoms in total. The van der Waals surface area contributed by atoms with Crippen LogP contribution >= 0.6 is 24.0 Å². The smallest absolute Gasteiger partial charge is 0.191 e. The number of pyridine rings is 1. The van der Waals surface area contributed by atoms with Gasteiger partial charge in [0, 0.05) is 45.5 Å². The quantitative estimate of drug-likeness (QED) is 0.286. The number of fused-ring (bicyclic) bond motifs is 1. The molecule has 0 saturated carbocycles. The van der Waals surface area contributed by atoms with Gasteiger partial charge < -0.3 is 15.0 Å². The van der Waals surface area contributed by atoms with Crippen molar-refractivity contribution in [3.8, 4) is 0 Å². The molecule has 3 heterocycles. The Hall–Kier alpha value is -2.13. The van der Waals surface area contributed by atoms with Gasteiger partial charge in [0.25, 0.3) is 0 Å². The molecule has 1 saturated heterocycles. The molecule has 0 aliphatic carbocycles. The molecule has 0 atom stereocenters. The number of likely N-dealkylation sites (tertiary alicyclic amines) is 1. The van der Waals surface area contributed by atoms with Crippen LogP contribution in [0.25, 0.3) is 5.65 Å². The standard InChI is InChI=1S/C23H30N6.HI/c1-24-23(25-12-11-21-18-29-15-3-2-6-22(29)27-21)26-16-19-7-9-20(10-8-19)17-28-13-4-5-14-28;/h2-3,6-10,15,18H,4-5,11-14,16-17H2,1H3,(H2,24,25,26);1H. The van der Waals surface area contributed by atoms with E-state index >= 15 is 0 Å². The Morgan fingerprint density at radius 1 is 1.03 bits per heavy atom. The lowest BCUT2D eigenvalue weighted by Crippen LogP contribution is -2.37. The Morgan fingerprint density at radius 2 is 1.80 bits per heavy atom. The monoisotopic (exact) mass is 518 g/mol. The average molecular weight is 518 g/mol. The van der Waals surface area contributed by atoms with Crippen molar-refractivity contribution in [3.63, 3.8) is 0 Å². The number of benzene rings is 1. The van der Waals surface area contributed by atoms with E-state index in [2.05, 4.69) is 60.4 Å². The van der Waals surface area contributed by atoms with E-state index in [1.165, 1.54) is 37.1 Å². The van der Waals surface area contributed by atoms with Crippen molar-refractivity contribution in [1.82, 2.24) is 24.9 Å². The summed E-state index contributed by atoms with van der Waals surface area (Å²) in [6.07, 6.45) is 7.64. The summed E-state index contributed by atoms with van der Waals surface area (Å²) in [6, 6.07) is 15.0. The first-order chi connectivity index (χ1) is 14.3. The van der Waals surface area contributed by atoms with Crippen LogP contribution < -0.4 is 10.6 Å². The maximum atomic E-state index is 4.63. The van der Waals surface area contributed by atoms with Gasteiger partial charge in [0.2, 0.25) is 0 Å². The maximum absolute atomic E-state index is 4.63. The highest BCUT2D eigenvalue weighted by Gasteiger charge is 2.11. The van der Waals surface area contributed by atoms with E-state index in [0.29, 0.717) is 0 Å². The first-order valence-corrected chi connectivity index (χ1v) is 10.5. The molecule has 2 aromatic heterocycles. The molecule has 7 heteroatoms. The number of nitrogens with zero attached hydrogens (tertiary/aromatic N) is 4. The minimum atomic E-state index is 0. The van der Waals surface area contributed by atoms with Gasteiger partial charge in [-0.3, -0.25) is 9.89 Å². The van der Waals surface area contributed by atoms with Crippen LogP contribution in [0.15, 0.2) is 59.9 Å². The number of nitrogens with one attached hydrogen (secondary N) is 2. The molecule has 1 fully saturated rings. The molecule has 0 spiro atoms. The molecule has 0 bridgehead atoms. The minimum Gasteiger partial charge on any atom is -0.356 e. The summed E-state index contributed by atoms with van der Waals surface area (Å²) in [5.41, 5.74) is 4.72. The number of guanidine groups is 1. The Bertz CT molecular complexity index is 911. The van der Waals surface area contributed by atoms with Crippen LogP contribution in [0.3, 0.4) is 0 Å². The predicted molar refractivity (Wildman–Crippen MR) is 133 cm³/mol. The normalized spacial score (nSPS) is 14.6. The van der Waals surface area contributed by atoms with Gasteiger partial charge >= 0.3 is 0 Å². The number of hydrogen-bond acceptors (Lipinski definition) is 3. The van der Waals surface area contributed by atoms with Crippen molar-refractivity contribution >= 4 is 35.6 Å². The Morgan fingerprint density at radius 3 is 2.53 bits per heavy atom. The molecule has 160 valence electrons. The van der Waals surface area contributed by atoms with Gasteiger partial charge in [-0.05, 0) is 49.2 Å². The number of halogens is 1. The largest absolute Gasteiger partial charge is 0.356 e. The van der Waals surface area contributed by atoms with E-state index in [0.717, 1.165) is 43.4 Å². The summed E-state index contributed by atoms with van der Waals surface area (Å²) in [4.78, 5) is 11.5. The lowest BCUT2D eigenvalue weighted by molar-refractivity contribution is 0.331. The highest BCUT2D eigenvalue weighted by molar-refractivity contribution is 14.0. The summed E-state index contributed by atoms with van der Waals surface area (Å²) in [5, 5.41) is 6.77. The van der Waals surface area contributed by atoms with Gasteiger partial charge in [-0.2, -0.15) is 0 Å². The summed E-state index contributed by atoms with van der Waals surface area (Å²) in [6.45, 7) is 5.09. The van der Waals surface area contributed by atoms with E-state index < -0.39 is 0 Å². The van der Waals surface area contributed by atoms with Gasteiger partial charge in [-0.25, -0.2) is 4.98 Å². The van der Waals surface area contributed by atoms with Crippen LogP contribution in [0, 0.1) is 0 Å². The molecule has 30 heavy (non-hydrogen) atoms. The van der Waals surface area contributed by atoms with E-state index in [1.54, 1.807) is 7.05 Å². The minimum absolute atomic E-state index is 0. The zero-order valence-electron chi connectivity index (χ0n) is 17.6. The highest BCUT2D eigenvalue weighted by atomic mass is 127. The lowest BCUT2D eigenvalue weighted by atomic mass is 10.1. The number of aliphatic imine (C=N–C) groups is 1. The molecule has 2 N–H and O–H groups in total. The van der Waals surface area contributed by atoms with Crippen molar-refractivity contribution in [1.29, 1.82) is 0 Å². The van der Waals surface area contributed by atoms with Crippen molar-refractivity contribution in [2.45, 2.75) is 32.4 Å². The van der Waals surface area contributed by atoms with Crippen LogP contribution in [-0.2, 0) is 19.5 Å². The third kappa shape index (κ3) is 6.18.